The van der Waals surface area contributed by atoms with Gasteiger partial charge in [-0.05, 0) is 38.3 Å². The molecule has 1 aliphatic rings. The summed E-state index contributed by atoms with van der Waals surface area (Å²) >= 11 is 0. The van der Waals surface area contributed by atoms with Gasteiger partial charge in [0, 0.05) is 12.2 Å². The van der Waals surface area contributed by atoms with Crippen LogP contribution in [0.15, 0.2) is 18.2 Å². The van der Waals surface area contributed by atoms with Crippen LogP contribution in [0.1, 0.15) is 25.0 Å². The molecule has 0 aromatic carbocycles. The first-order valence-electron chi connectivity index (χ1n) is 5.95. The molecular formula is C12H16N4O. The van der Waals surface area contributed by atoms with E-state index in [0.717, 1.165) is 30.6 Å². The van der Waals surface area contributed by atoms with Gasteiger partial charge in [0.25, 0.3) is 0 Å². The molecule has 17 heavy (non-hydrogen) atoms. The second-order valence-electron chi connectivity index (χ2n) is 4.80. The number of aromatic nitrogens is 3. The summed E-state index contributed by atoms with van der Waals surface area (Å²) in [4.78, 5) is 4.36. The fourth-order valence-corrected chi connectivity index (χ4v) is 2.12. The number of hydrogen-bond acceptors (Lipinski definition) is 4. The standard InChI is InChI=1S/C12H16N4O/c1-9-4-2-5-10-14-11(15-16(9)10)13-8-12(17)6-3-7-12/h2,4-5,17H,3,6-8H2,1H3,(H,13,15). The minimum Gasteiger partial charge on any atom is -0.388 e. The van der Waals surface area contributed by atoms with E-state index in [0.29, 0.717) is 12.5 Å². The van der Waals surface area contributed by atoms with Crippen molar-refractivity contribution in [3.8, 4) is 0 Å². The fourth-order valence-electron chi connectivity index (χ4n) is 2.12. The molecule has 2 aromatic rings. The quantitative estimate of drug-likeness (QED) is 0.839. The van der Waals surface area contributed by atoms with Gasteiger partial charge in [0.15, 0.2) is 5.65 Å². The van der Waals surface area contributed by atoms with Gasteiger partial charge in [-0.3, -0.25) is 0 Å². The van der Waals surface area contributed by atoms with E-state index in [4.69, 9.17) is 0 Å². The van der Waals surface area contributed by atoms with Crippen LogP contribution in [0.2, 0.25) is 0 Å². The average molecular weight is 232 g/mol. The van der Waals surface area contributed by atoms with Gasteiger partial charge >= 0.3 is 0 Å². The Bertz CT molecular complexity index is 544. The molecule has 90 valence electrons. The lowest BCUT2D eigenvalue weighted by Crippen LogP contribution is -2.43. The minimum atomic E-state index is -0.549. The summed E-state index contributed by atoms with van der Waals surface area (Å²) in [7, 11) is 0. The third kappa shape index (κ3) is 1.86. The van der Waals surface area contributed by atoms with E-state index >= 15 is 0 Å². The van der Waals surface area contributed by atoms with E-state index in [1.165, 1.54) is 0 Å². The Labute approximate surface area is 99.5 Å². The van der Waals surface area contributed by atoms with Gasteiger partial charge in [0.1, 0.15) is 0 Å². The third-order valence-corrected chi connectivity index (χ3v) is 3.41. The summed E-state index contributed by atoms with van der Waals surface area (Å²) < 4.78 is 1.80. The molecule has 1 aliphatic carbocycles. The molecular weight excluding hydrogens is 216 g/mol. The number of aryl methyl sites for hydroxylation is 1. The molecule has 5 heteroatoms. The van der Waals surface area contributed by atoms with E-state index in [1.807, 2.05) is 25.1 Å². The van der Waals surface area contributed by atoms with Crippen LogP contribution < -0.4 is 5.32 Å². The molecule has 0 radical (unpaired) electrons. The van der Waals surface area contributed by atoms with E-state index in [2.05, 4.69) is 15.4 Å². The first-order valence-corrected chi connectivity index (χ1v) is 5.95. The van der Waals surface area contributed by atoms with Gasteiger partial charge in [0.05, 0.1) is 5.60 Å². The summed E-state index contributed by atoms with van der Waals surface area (Å²) in [5, 5.41) is 17.4. The smallest absolute Gasteiger partial charge is 0.243 e. The maximum atomic E-state index is 9.98. The predicted molar refractivity (Wildman–Crippen MR) is 65.0 cm³/mol. The summed E-state index contributed by atoms with van der Waals surface area (Å²) in [5.41, 5.74) is 1.32. The fraction of sp³-hybridized carbons (Fsp3) is 0.500. The number of hydrogen-bond donors (Lipinski definition) is 2. The Morgan fingerprint density at radius 3 is 2.94 bits per heavy atom. The van der Waals surface area contributed by atoms with E-state index in [1.54, 1.807) is 4.52 Å². The van der Waals surface area contributed by atoms with Crippen LogP contribution >= 0.6 is 0 Å². The molecule has 0 bridgehead atoms. The van der Waals surface area contributed by atoms with Gasteiger partial charge in [-0.25, -0.2) is 4.52 Å². The summed E-state index contributed by atoms with van der Waals surface area (Å²) in [5.74, 6) is 0.583. The Hall–Kier alpha value is -1.62. The van der Waals surface area contributed by atoms with Crippen molar-refractivity contribution in [2.24, 2.45) is 0 Å². The van der Waals surface area contributed by atoms with Gasteiger partial charge < -0.3 is 10.4 Å². The van der Waals surface area contributed by atoms with Gasteiger partial charge in [-0.1, -0.05) is 6.07 Å². The van der Waals surface area contributed by atoms with Crippen molar-refractivity contribution in [1.82, 2.24) is 14.6 Å². The Morgan fingerprint density at radius 1 is 1.47 bits per heavy atom. The Kier molecular flexibility index (Phi) is 2.29. The molecule has 5 nitrogen and oxygen atoms in total. The molecule has 3 rings (SSSR count). The summed E-state index contributed by atoms with van der Waals surface area (Å²) in [6.45, 7) is 2.52. The highest BCUT2D eigenvalue weighted by atomic mass is 16.3. The number of anilines is 1. The van der Waals surface area contributed by atoms with Crippen molar-refractivity contribution >= 4 is 11.6 Å². The van der Waals surface area contributed by atoms with Crippen LogP contribution in [0, 0.1) is 6.92 Å². The van der Waals surface area contributed by atoms with Crippen LogP contribution in [0.3, 0.4) is 0 Å². The molecule has 2 aromatic heterocycles. The van der Waals surface area contributed by atoms with Crippen LogP contribution in [-0.4, -0.2) is 31.9 Å². The zero-order valence-corrected chi connectivity index (χ0v) is 9.85. The maximum absolute atomic E-state index is 9.98. The number of aliphatic hydroxyl groups is 1. The number of fused-ring (bicyclic) bond motifs is 1. The van der Waals surface area contributed by atoms with E-state index in [-0.39, 0.29) is 0 Å². The normalized spacial score (nSPS) is 18.0. The van der Waals surface area contributed by atoms with Crippen LogP contribution in [0.25, 0.3) is 5.65 Å². The molecule has 1 saturated carbocycles. The first-order chi connectivity index (χ1) is 8.16. The minimum absolute atomic E-state index is 0.531. The van der Waals surface area contributed by atoms with Crippen LogP contribution in [0.5, 0.6) is 0 Å². The predicted octanol–water partition coefficient (Wildman–Crippen LogP) is 1.36. The zero-order chi connectivity index (χ0) is 11.9. The highest BCUT2D eigenvalue weighted by molar-refractivity contribution is 5.44. The average Bonchev–Trinajstić information content (AvgIpc) is 2.68. The molecule has 0 saturated heterocycles. The van der Waals surface area contributed by atoms with Gasteiger partial charge in [0.2, 0.25) is 5.95 Å². The summed E-state index contributed by atoms with van der Waals surface area (Å²) in [6.07, 6.45) is 2.84. The van der Waals surface area contributed by atoms with Crippen molar-refractivity contribution < 1.29 is 5.11 Å². The highest BCUT2D eigenvalue weighted by Gasteiger charge is 2.34. The molecule has 1 fully saturated rings. The maximum Gasteiger partial charge on any atom is 0.243 e. The van der Waals surface area contributed by atoms with Gasteiger partial charge in [-0.15, -0.1) is 5.10 Å². The van der Waals surface area contributed by atoms with Crippen LogP contribution in [0.4, 0.5) is 5.95 Å². The molecule has 0 amide bonds. The number of pyridine rings is 1. The Balaban J connectivity index is 1.79. The second-order valence-corrected chi connectivity index (χ2v) is 4.80. The molecule has 0 atom stereocenters. The monoisotopic (exact) mass is 232 g/mol. The lowest BCUT2D eigenvalue weighted by molar-refractivity contribution is -0.0203. The lowest BCUT2D eigenvalue weighted by Gasteiger charge is -2.36. The number of rotatable bonds is 3. The number of nitrogens with one attached hydrogen (secondary N) is 1. The van der Waals surface area contributed by atoms with E-state index in [9.17, 15) is 5.11 Å². The largest absolute Gasteiger partial charge is 0.388 e. The van der Waals surface area contributed by atoms with Crippen LogP contribution in [-0.2, 0) is 0 Å². The Morgan fingerprint density at radius 2 is 2.29 bits per heavy atom. The van der Waals surface area contributed by atoms with Crippen molar-refractivity contribution in [3.05, 3.63) is 23.9 Å². The SMILES string of the molecule is Cc1cccc2nc(NCC3(O)CCC3)nn12. The highest BCUT2D eigenvalue weighted by Crippen LogP contribution is 2.31. The number of nitrogens with zero attached hydrogens (tertiary/aromatic N) is 3. The topological polar surface area (TPSA) is 62.5 Å². The molecule has 0 spiro atoms. The third-order valence-electron chi connectivity index (χ3n) is 3.41. The summed E-state index contributed by atoms with van der Waals surface area (Å²) in [6, 6.07) is 5.87. The van der Waals surface area contributed by atoms with E-state index < -0.39 is 5.60 Å². The second kappa shape index (κ2) is 3.70. The van der Waals surface area contributed by atoms with Crippen molar-refractivity contribution in [1.29, 1.82) is 0 Å². The first kappa shape index (κ1) is 10.5. The molecule has 0 unspecified atom stereocenters. The van der Waals surface area contributed by atoms with Crippen molar-refractivity contribution in [2.45, 2.75) is 31.8 Å². The molecule has 0 aliphatic heterocycles. The molecule has 2 N–H and O–H groups in total. The zero-order valence-electron chi connectivity index (χ0n) is 9.85. The van der Waals surface area contributed by atoms with Crippen molar-refractivity contribution in [3.63, 3.8) is 0 Å². The van der Waals surface area contributed by atoms with Gasteiger partial charge in [-0.2, -0.15) is 4.98 Å². The van der Waals surface area contributed by atoms with Crippen molar-refractivity contribution in [2.75, 3.05) is 11.9 Å². The lowest BCUT2D eigenvalue weighted by atomic mass is 9.80. The molecule has 2 heterocycles.